The minimum absolute atomic E-state index is 0.0393. The molecule has 136 valence electrons. The Kier molecular flexibility index (Phi) is 5.41. The molecule has 1 aliphatic rings. The Morgan fingerprint density at radius 3 is 2.85 bits per heavy atom. The molecule has 2 amide bonds. The zero-order chi connectivity index (χ0) is 18.5. The smallest absolute Gasteiger partial charge is 0.414 e. The van der Waals surface area contributed by atoms with Gasteiger partial charge in [-0.05, 0) is 48.7 Å². The Bertz CT molecular complexity index is 819. The summed E-state index contributed by atoms with van der Waals surface area (Å²) in [6, 6.07) is 13.4. The van der Waals surface area contributed by atoms with Crippen LogP contribution in [0, 0.1) is 13.8 Å². The Morgan fingerprint density at radius 2 is 2.08 bits per heavy atom. The SMILES string of the molecule is Cc1ccc(C)c(OCC(=O)NCc2cccc(N3CCOC3=O)c2)c1. The summed E-state index contributed by atoms with van der Waals surface area (Å²) in [6.07, 6.45) is -0.340. The molecule has 1 saturated heterocycles. The average molecular weight is 354 g/mol. The van der Waals surface area contributed by atoms with E-state index in [4.69, 9.17) is 9.47 Å². The summed E-state index contributed by atoms with van der Waals surface area (Å²) in [5.74, 6) is 0.520. The van der Waals surface area contributed by atoms with Gasteiger partial charge in [0.25, 0.3) is 5.91 Å². The molecule has 26 heavy (non-hydrogen) atoms. The highest BCUT2D eigenvalue weighted by molar-refractivity contribution is 5.89. The Hall–Kier alpha value is -3.02. The van der Waals surface area contributed by atoms with Gasteiger partial charge in [0.15, 0.2) is 6.61 Å². The van der Waals surface area contributed by atoms with E-state index < -0.39 is 0 Å². The van der Waals surface area contributed by atoms with Crippen LogP contribution in [0.5, 0.6) is 5.75 Å². The molecule has 3 rings (SSSR count). The summed E-state index contributed by atoms with van der Waals surface area (Å²) in [7, 11) is 0. The normalized spacial score (nSPS) is 13.5. The molecule has 1 fully saturated rings. The van der Waals surface area contributed by atoms with Crippen molar-refractivity contribution < 1.29 is 19.1 Å². The summed E-state index contributed by atoms with van der Waals surface area (Å²) in [4.78, 5) is 25.3. The predicted octanol–water partition coefficient (Wildman–Crippen LogP) is 2.96. The van der Waals surface area contributed by atoms with Gasteiger partial charge < -0.3 is 14.8 Å². The monoisotopic (exact) mass is 354 g/mol. The largest absolute Gasteiger partial charge is 0.483 e. The van der Waals surface area contributed by atoms with Crippen molar-refractivity contribution in [2.75, 3.05) is 24.7 Å². The van der Waals surface area contributed by atoms with E-state index in [2.05, 4.69) is 5.32 Å². The van der Waals surface area contributed by atoms with Crippen molar-refractivity contribution in [2.45, 2.75) is 20.4 Å². The van der Waals surface area contributed by atoms with E-state index in [9.17, 15) is 9.59 Å². The summed E-state index contributed by atoms with van der Waals surface area (Å²) in [6.45, 7) is 5.19. The van der Waals surface area contributed by atoms with Crippen molar-refractivity contribution >= 4 is 17.7 Å². The molecule has 0 radical (unpaired) electrons. The van der Waals surface area contributed by atoms with Crippen LogP contribution in [0.1, 0.15) is 16.7 Å². The molecule has 0 spiro atoms. The average Bonchev–Trinajstić information content (AvgIpc) is 3.07. The molecule has 0 unspecified atom stereocenters. The van der Waals surface area contributed by atoms with Gasteiger partial charge in [0, 0.05) is 12.2 Å². The van der Waals surface area contributed by atoms with E-state index in [0.717, 1.165) is 28.1 Å². The first-order chi connectivity index (χ1) is 12.5. The first-order valence-electron chi connectivity index (χ1n) is 8.53. The zero-order valence-corrected chi connectivity index (χ0v) is 15.0. The predicted molar refractivity (Wildman–Crippen MR) is 98.4 cm³/mol. The third kappa shape index (κ3) is 4.33. The quantitative estimate of drug-likeness (QED) is 0.866. The second-order valence-electron chi connectivity index (χ2n) is 6.27. The summed E-state index contributed by atoms with van der Waals surface area (Å²) < 4.78 is 10.6. The number of aryl methyl sites for hydroxylation is 2. The molecule has 1 heterocycles. The number of cyclic esters (lactones) is 1. The maximum absolute atomic E-state index is 12.1. The highest BCUT2D eigenvalue weighted by Crippen LogP contribution is 2.20. The van der Waals surface area contributed by atoms with Crippen molar-refractivity contribution in [3.05, 3.63) is 59.2 Å². The van der Waals surface area contributed by atoms with E-state index in [1.165, 1.54) is 0 Å². The molecule has 1 N–H and O–H groups in total. The van der Waals surface area contributed by atoms with Crippen LogP contribution in [0.3, 0.4) is 0 Å². The number of hydrogen-bond donors (Lipinski definition) is 1. The first kappa shape index (κ1) is 17.8. The number of nitrogens with one attached hydrogen (secondary N) is 1. The van der Waals surface area contributed by atoms with E-state index in [1.807, 2.05) is 56.3 Å². The van der Waals surface area contributed by atoms with Gasteiger partial charge in [-0.15, -0.1) is 0 Å². The Morgan fingerprint density at radius 1 is 1.23 bits per heavy atom. The lowest BCUT2D eigenvalue weighted by molar-refractivity contribution is -0.123. The molecule has 0 aromatic heterocycles. The third-order valence-electron chi connectivity index (χ3n) is 4.18. The summed E-state index contributed by atoms with van der Waals surface area (Å²) in [5, 5.41) is 2.83. The first-order valence-corrected chi connectivity index (χ1v) is 8.53. The van der Waals surface area contributed by atoms with Crippen LogP contribution in [-0.4, -0.2) is 31.8 Å². The van der Waals surface area contributed by atoms with Gasteiger partial charge in [0.1, 0.15) is 12.4 Å². The van der Waals surface area contributed by atoms with Gasteiger partial charge in [0.2, 0.25) is 0 Å². The zero-order valence-electron chi connectivity index (χ0n) is 15.0. The number of rotatable bonds is 6. The van der Waals surface area contributed by atoms with Crippen molar-refractivity contribution in [3.8, 4) is 5.75 Å². The van der Waals surface area contributed by atoms with Crippen molar-refractivity contribution in [3.63, 3.8) is 0 Å². The van der Waals surface area contributed by atoms with Crippen LogP contribution in [-0.2, 0) is 16.1 Å². The fraction of sp³-hybridized carbons (Fsp3) is 0.300. The highest BCUT2D eigenvalue weighted by atomic mass is 16.6. The van der Waals surface area contributed by atoms with Crippen molar-refractivity contribution in [1.82, 2.24) is 5.32 Å². The summed E-state index contributed by atoms with van der Waals surface area (Å²) in [5.41, 5.74) is 3.75. The molecule has 0 bridgehead atoms. The number of carbonyl (C=O) groups is 2. The highest BCUT2D eigenvalue weighted by Gasteiger charge is 2.23. The molecule has 2 aromatic rings. The molecule has 2 aromatic carbocycles. The molecular formula is C20H22N2O4. The lowest BCUT2D eigenvalue weighted by atomic mass is 10.1. The van der Waals surface area contributed by atoms with Crippen LogP contribution in [0.25, 0.3) is 0 Å². The van der Waals surface area contributed by atoms with E-state index in [-0.39, 0.29) is 18.6 Å². The van der Waals surface area contributed by atoms with E-state index in [1.54, 1.807) is 4.90 Å². The molecule has 0 saturated carbocycles. The second kappa shape index (κ2) is 7.91. The van der Waals surface area contributed by atoms with Gasteiger partial charge in [-0.2, -0.15) is 0 Å². The minimum Gasteiger partial charge on any atom is -0.483 e. The van der Waals surface area contributed by atoms with Gasteiger partial charge in [0.05, 0.1) is 6.54 Å². The summed E-state index contributed by atoms with van der Waals surface area (Å²) >= 11 is 0. The number of ether oxygens (including phenoxy) is 2. The lowest BCUT2D eigenvalue weighted by Gasteiger charge is -2.14. The fourth-order valence-corrected chi connectivity index (χ4v) is 2.72. The number of nitrogens with zero attached hydrogens (tertiary/aromatic N) is 1. The maximum atomic E-state index is 12.1. The number of anilines is 1. The van der Waals surface area contributed by atoms with Crippen LogP contribution in [0.4, 0.5) is 10.5 Å². The molecular weight excluding hydrogens is 332 g/mol. The number of amides is 2. The molecule has 6 heteroatoms. The molecule has 0 atom stereocenters. The Balaban J connectivity index is 1.53. The second-order valence-corrected chi connectivity index (χ2v) is 6.27. The molecule has 0 aliphatic carbocycles. The Labute approximate surface area is 152 Å². The third-order valence-corrected chi connectivity index (χ3v) is 4.18. The van der Waals surface area contributed by atoms with Crippen LogP contribution in [0.15, 0.2) is 42.5 Å². The standard InChI is InChI=1S/C20H22N2O4/c1-14-6-7-15(2)18(10-14)26-13-19(23)21-12-16-4-3-5-17(11-16)22-8-9-25-20(22)24/h3-7,10-11H,8-9,12-13H2,1-2H3,(H,21,23). The molecule has 6 nitrogen and oxygen atoms in total. The number of carbonyl (C=O) groups excluding carboxylic acids is 2. The van der Waals surface area contributed by atoms with Crippen molar-refractivity contribution in [2.24, 2.45) is 0 Å². The maximum Gasteiger partial charge on any atom is 0.414 e. The van der Waals surface area contributed by atoms with E-state index >= 15 is 0 Å². The van der Waals surface area contributed by atoms with Gasteiger partial charge in [-0.1, -0.05) is 24.3 Å². The van der Waals surface area contributed by atoms with Gasteiger partial charge in [-0.25, -0.2) is 4.79 Å². The van der Waals surface area contributed by atoms with Crippen molar-refractivity contribution in [1.29, 1.82) is 0 Å². The lowest BCUT2D eigenvalue weighted by Crippen LogP contribution is -2.28. The van der Waals surface area contributed by atoms with Gasteiger partial charge in [-0.3, -0.25) is 9.69 Å². The van der Waals surface area contributed by atoms with Crippen LogP contribution >= 0.6 is 0 Å². The number of benzene rings is 2. The number of hydrogen-bond acceptors (Lipinski definition) is 4. The van der Waals surface area contributed by atoms with Crippen LogP contribution < -0.4 is 15.0 Å². The van der Waals surface area contributed by atoms with Gasteiger partial charge >= 0.3 is 6.09 Å². The minimum atomic E-state index is -0.340. The molecule has 1 aliphatic heterocycles. The fourth-order valence-electron chi connectivity index (χ4n) is 2.72. The van der Waals surface area contributed by atoms with Crippen LogP contribution in [0.2, 0.25) is 0 Å². The van der Waals surface area contributed by atoms with E-state index in [0.29, 0.717) is 19.7 Å². The topological polar surface area (TPSA) is 67.9 Å².